The van der Waals surface area contributed by atoms with Gasteiger partial charge in [0, 0.05) is 24.8 Å². The molecule has 0 unspecified atom stereocenters. The van der Waals surface area contributed by atoms with E-state index in [2.05, 4.69) is 72.7 Å². The van der Waals surface area contributed by atoms with Crippen LogP contribution in [-0.4, -0.2) is 61.3 Å². The maximum atomic E-state index is 12.1. The number of aliphatic hydroxyl groups excluding tert-OH is 2. The Labute approximate surface area is 225 Å². The Kier molecular flexibility index (Phi) is 10.2. The lowest BCUT2D eigenvalue weighted by Crippen LogP contribution is -2.51. The zero-order valence-electron chi connectivity index (χ0n) is 24.8. The number of allylic oxidation sites excluding steroid dienone is 1. The van der Waals surface area contributed by atoms with Crippen molar-refractivity contribution in [2.24, 2.45) is 0 Å². The van der Waals surface area contributed by atoms with Gasteiger partial charge in [-0.25, -0.2) is 0 Å². The summed E-state index contributed by atoms with van der Waals surface area (Å²) in [5.74, 6) is 0.371. The minimum Gasteiger partial charge on any atom is -0.512 e. The molecule has 1 fully saturated rings. The molecule has 0 radical (unpaired) electrons. The van der Waals surface area contributed by atoms with Gasteiger partial charge in [0.25, 0.3) is 5.56 Å². The highest BCUT2D eigenvalue weighted by Crippen LogP contribution is 2.42. The highest BCUT2D eigenvalue weighted by molar-refractivity contribution is 6.74. The second-order valence-electron chi connectivity index (χ2n) is 13.2. The van der Waals surface area contributed by atoms with E-state index in [-0.39, 0.29) is 21.7 Å². The van der Waals surface area contributed by atoms with Gasteiger partial charge in [-0.05, 0) is 42.7 Å². The minimum absolute atomic E-state index is 0.0238. The summed E-state index contributed by atoms with van der Waals surface area (Å²) in [6.45, 7) is 24.1. The summed E-state index contributed by atoms with van der Waals surface area (Å²) in [5.41, 5.74) is -0.426. The Morgan fingerprint density at radius 1 is 1.14 bits per heavy atom. The second-order valence-corrected chi connectivity index (χ2v) is 22.8. The van der Waals surface area contributed by atoms with Crippen molar-refractivity contribution in [2.45, 2.75) is 129 Å². The van der Waals surface area contributed by atoms with Gasteiger partial charge in [0.15, 0.2) is 22.9 Å². The molecule has 1 saturated heterocycles. The molecule has 0 bridgehead atoms. The number of aliphatic hydroxyl groups is 2. The van der Waals surface area contributed by atoms with E-state index in [9.17, 15) is 15.0 Å². The van der Waals surface area contributed by atoms with Crippen molar-refractivity contribution in [3.8, 4) is 0 Å². The summed E-state index contributed by atoms with van der Waals surface area (Å²) in [4.78, 5) is 16.2. The molecule has 0 saturated carbocycles. The van der Waals surface area contributed by atoms with Crippen LogP contribution in [0.25, 0.3) is 6.08 Å². The maximum absolute atomic E-state index is 12.1. The van der Waals surface area contributed by atoms with Crippen LogP contribution in [0.3, 0.4) is 0 Å². The van der Waals surface area contributed by atoms with Crippen molar-refractivity contribution < 1.29 is 23.8 Å². The molecular weight excluding hydrogens is 504 g/mol. The molecule has 2 heterocycles. The minimum atomic E-state index is -2.27. The third-order valence-electron chi connectivity index (χ3n) is 8.18. The lowest BCUT2D eigenvalue weighted by atomic mass is 10.1. The van der Waals surface area contributed by atoms with Gasteiger partial charge in [0.05, 0.1) is 12.4 Å². The molecule has 1 aliphatic rings. The summed E-state index contributed by atoms with van der Waals surface area (Å²) in [6.07, 6.45) is 2.29. The van der Waals surface area contributed by atoms with E-state index in [4.69, 9.17) is 13.6 Å². The predicted octanol–water partition coefficient (Wildman–Crippen LogP) is 6.00. The maximum Gasteiger partial charge on any atom is 0.273 e. The fraction of sp³-hybridized carbons (Fsp3) is 0.778. The van der Waals surface area contributed by atoms with Gasteiger partial charge in [0.2, 0.25) is 0 Å². The van der Waals surface area contributed by atoms with Crippen molar-refractivity contribution in [1.29, 1.82) is 0 Å². The standard InChI is InChI=1S/C27H50N2O6Si2/c1-12-13-14-19(30)17-21-28-22(31)15-16-29(21)25-23(32)24(35-37(10,11)27(5,6)7)20(34-25)18-33-36(8,9)26(2,3)4/h15-17,20,23-25,30,32H,12-14,18H2,1-11H3/b19-17+/t20-,23+,24-,25-/m1/s1. The van der Waals surface area contributed by atoms with Crippen LogP contribution in [0.4, 0.5) is 0 Å². The molecule has 1 aromatic rings. The molecular formula is C27H50N2O6Si2. The van der Waals surface area contributed by atoms with E-state index in [0.29, 0.717) is 13.0 Å². The van der Waals surface area contributed by atoms with E-state index in [1.165, 1.54) is 12.1 Å². The Balaban J connectivity index is 2.47. The molecule has 37 heavy (non-hydrogen) atoms. The van der Waals surface area contributed by atoms with Crippen LogP contribution in [-0.2, 0) is 13.6 Å². The second kappa shape index (κ2) is 11.8. The molecule has 10 heteroatoms. The Morgan fingerprint density at radius 2 is 1.73 bits per heavy atom. The third-order valence-corrected chi connectivity index (χ3v) is 17.2. The summed E-state index contributed by atoms with van der Waals surface area (Å²) in [5, 5.41) is 22.0. The number of nitrogens with zero attached hydrogens (tertiary/aromatic N) is 2. The zero-order valence-corrected chi connectivity index (χ0v) is 26.8. The fourth-order valence-electron chi connectivity index (χ4n) is 3.58. The molecule has 8 nitrogen and oxygen atoms in total. The van der Waals surface area contributed by atoms with Gasteiger partial charge in [-0.2, -0.15) is 4.98 Å². The van der Waals surface area contributed by atoms with Crippen LogP contribution in [0.1, 0.15) is 79.8 Å². The first kappa shape index (κ1) is 31.9. The quantitative estimate of drug-likeness (QED) is 0.270. The zero-order chi connectivity index (χ0) is 28.4. The molecule has 1 aromatic heterocycles. The Morgan fingerprint density at radius 3 is 2.27 bits per heavy atom. The van der Waals surface area contributed by atoms with Crippen molar-refractivity contribution >= 4 is 22.7 Å². The van der Waals surface area contributed by atoms with Gasteiger partial charge in [0.1, 0.15) is 24.1 Å². The van der Waals surface area contributed by atoms with Gasteiger partial charge in [-0.3, -0.25) is 4.79 Å². The molecule has 4 atom stereocenters. The molecule has 0 amide bonds. The average molecular weight is 555 g/mol. The van der Waals surface area contributed by atoms with E-state index >= 15 is 0 Å². The highest BCUT2D eigenvalue weighted by Gasteiger charge is 2.51. The first-order valence-electron chi connectivity index (χ1n) is 13.4. The third kappa shape index (κ3) is 7.86. The predicted molar refractivity (Wildman–Crippen MR) is 154 cm³/mol. The molecule has 1 aliphatic heterocycles. The van der Waals surface area contributed by atoms with Crippen LogP contribution in [0.15, 0.2) is 22.8 Å². The van der Waals surface area contributed by atoms with Gasteiger partial charge >= 0.3 is 0 Å². The highest BCUT2D eigenvalue weighted by atomic mass is 28.4. The van der Waals surface area contributed by atoms with Crippen LogP contribution in [0.5, 0.6) is 0 Å². The Bertz CT molecular complexity index is 994. The van der Waals surface area contributed by atoms with Crippen molar-refractivity contribution in [3.63, 3.8) is 0 Å². The summed E-state index contributed by atoms with van der Waals surface area (Å²) >= 11 is 0. The Hall–Kier alpha value is -1.31. The number of hydrogen-bond donors (Lipinski definition) is 2. The van der Waals surface area contributed by atoms with Crippen LogP contribution < -0.4 is 5.56 Å². The van der Waals surface area contributed by atoms with Crippen molar-refractivity contribution in [1.82, 2.24) is 9.55 Å². The van der Waals surface area contributed by atoms with Crippen LogP contribution >= 0.6 is 0 Å². The van der Waals surface area contributed by atoms with Crippen LogP contribution in [0, 0.1) is 0 Å². The van der Waals surface area contributed by atoms with E-state index in [0.717, 1.165) is 12.8 Å². The van der Waals surface area contributed by atoms with Gasteiger partial charge in [-0.15, -0.1) is 0 Å². The first-order chi connectivity index (χ1) is 16.8. The lowest BCUT2D eigenvalue weighted by Gasteiger charge is -2.41. The van der Waals surface area contributed by atoms with Gasteiger partial charge < -0.3 is 28.4 Å². The van der Waals surface area contributed by atoms with Crippen molar-refractivity contribution in [3.05, 3.63) is 34.2 Å². The molecule has 0 spiro atoms. The summed E-state index contributed by atoms with van der Waals surface area (Å²) < 4.78 is 21.3. The lowest BCUT2D eigenvalue weighted by molar-refractivity contribution is -0.0515. The molecule has 2 rings (SSSR count). The fourth-order valence-corrected chi connectivity index (χ4v) is 5.92. The number of hydrogen-bond acceptors (Lipinski definition) is 7. The molecule has 0 aromatic carbocycles. The molecule has 0 aliphatic carbocycles. The normalized spacial score (nSPS) is 24.1. The number of rotatable bonds is 10. The van der Waals surface area contributed by atoms with Gasteiger partial charge in [-0.1, -0.05) is 54.9 Å². The van der Waals surface area contributed by atoms with E-state index < -0.39 is 46.7 Å². The van der Waals surface area contributed by atoms with Crippen LogP contribution in [0.2, 0.25) is 36.3 Å². The van der Waals surface area contributed by atoms with Crippen molar-refractivity contribution in [2.75, 3.05) is 6.61 Å². The number of aromatic nitrogens is 2. The monoisotopic (exact) mass is 554 g/mol. The first-order valence-corrected chi connectivity index (χ1v) is 19.3. The average Bonchev–Trinajstić information content (AvgIpc) is 3.04. The largest absolute Gasteiger partial charge is 0.512 e. The smallest absolute Gasteiger partial charge is 0.273 e. The topological polar surface area (TPSA) is 103 Å². The number of ether oxygens (including phenoxy) is 1. The van der Waals surface area contributed by atoms with E-state index in [1.807, 2.05) is 6.92 Å². The van der Waals surface area contributed by atoms with E-state index in [1.54, 1.807) is 10.8 Å². The summed E-state index contributed by atoms with van der Waals surface area (Å²) in [7, 11) is -4.35. The molecule has 2 N–H and O–H groups in total. The summed E-state index contributed by atoms with van der Waals surface area (Å²) in [6, 6.07) is 1.33. The SMILES string of the molecule is CCCC/C(O)=C\c1nc(=O)ccn1[C@@H]1O[C@H](CO[Si](C)(C)C(C)(C)C)[C@@H](O[Si](C)(C)C(C)(C)C)[C@@H]1O. The number of unbranched alkanes of at least 4 members (excludes halogenated alkanes) is 1. The molecule has 212 valence electrons.